The van der Waals surface area contributed by atoms with Crippen molar-refractivity contribution in [3.8, 4) is 5.75 Å². The Morgan fingerprint density at radius 3 is 2.09 bits per heavy atom. The molecule has 0 bridgehead atoms. The number of carbonyl (C=O) groups is 6. The fourth-order valence-corrected chi connectivity index (χ4v) is 6.06. The average molecular weight is 678 g/mol. The number of benzene rings is 2. The molecule has 2 aliphatic rings. The fraction of sp³-hybridized carbons (Fsp3) is 0.500. The van der Waals surface area contributed by atoms with E-state index >= 15 is 0 Å². The van der Waals surface area contributed by atoms with E-state index in [0.717, 1.165) is 31.7 Å². The summed E-state index contributed by atoms with van der Waals surface area (Å²) in [5.74, 6) is -4.15. The van der Waals surface area contributed by atoms with Crippen LogP contribution in [0.5, 0.6) is 5.75 Å². The van der Waals surface area contributed by atoms with E-state index in [1.165, 1.54) is 11.8 Å². The number of halogens is 1. The summed E-state index contributed by atoms with van der Waals surface area (Å²) in [4.78, 5) is 74.3. The summed E-state index contributed by atoms with van der Waals surface area (Å²) in [7, 11) is 0. The number of carboxylic acid groups (broad SMARTS) is 1. The van der Waals surface area contributed by atoms with Gasteiger partial charge in [0.15, 0.2) is 12.2 Å². The summed E-state index contributed by atoms with van der Waals surface area (Å²) in [6.07, 6.45) is -7.02. The second kappa shape index (κ2) is 15.4. The zero-order valence-electron chi connectivity index (χ0n) is 26.3. The normalized spacial score (nSPS) is 23.4. The average Bonchev–Trinajstić information content (AvgIpc) is 3.37. The van der Waals surface area contributed by atoms with Crippen LogP contribution in [-0.2, 0) is 52.5 Å². The number of fused-ring (bicyclic) bond motifs is 3. The van der Waals surface area contributed by atoms with Gasteiger partial charge in [-0.2, -0.15) is 0 Å². The molecule has 2 aromatic carbocycles. The molecule has 2 heterocycles. The van der Waals surface area contributed by atoms with Gasteiger partial charge in [-0.1, -0.05) is 24.3 Å². The molecule has 47 heavy (non-hydrogen) atoms. The van der Waals surface area contributed by atoms with Crippen LogP contribution in [0.15, 0.2) is 30.3 Å². The number of rotatable bonds is 12. The van der Waals surface area contributed by atoms with E-state index in [1.807, 2.05) is 12.1 Å². The topological polar surface area (TPSA) is 181 Å². The number of carbonyl (C=O) groups excluding carboxylic acids is 5. The molecule has 254 valence electrons. The molecule has 1 fully saturated rings. The molecule has 0 aromatic heterocycles. The molecule has 2 aromatic rings. The van der Waals surface area contributed by atoms with Crippen molar-refractivity contribution in [2.75, 3.05) is 23.9 Å². The molecular formula is C32H36ClNO13. The molecule has 1 saturated heterocycles. The molecule has 0 aliphatic carbocycles. The number of aliphatic carboxylic acids is 1. The third kappa shape index (κ3) is 8.49. The molecule has 0 radical (unpaired) electrons. The molecule has 1 amide bonds. The van der Waals surface area contributed by atoms with Gasteiger partial charge in [0, 0.05) is 70.3 Å². The van der Waals surface area contributed by atoms with Crippen LogP contribution in [0.4, 0.5) is 5.69 Å². The number of esters is 4. The summed E-state index contributed by atoms with van der Waals surface area (Å²) < 4.78 is 34.2. The Morgan fingerprint density at radius 2 is 1.49 bits per heavy atom. The molecule has 0 spiro atoms. The minimum atomic E-state index is -1.50. The van der Waals surface area contributed by atoms with E-state index in [9.17, 15) is 28.8 Å². The van der Waals surface area contributed by atoms with Crippen LogP contribution in [0.3, 0.4) is 0 Å². The lowest BCUT2D eigenvalue weighted by Gasteiger charge is -2.44. The molecule has 4 rings (SSSR count). The largest absolute Gasteiger partial charge is 0.481 e. The molecule has 1 N–H and O–H groups in total. The smallest absolute Gasteiger partial charge is 0.303 e. The first-order chi connectivity index (χ1) is 22.3. The van der Waals surface area contributed by atoms with Gasteiger partial charge in [-0.15, -0.1) is 11.6 Å². The number of carboxylic acids is 1. The van der Waals surface area contributed by atoms with E-state index in [2.05, 4.69) is 0 Å². The predicted molar refractivity (Wildman–Crippen MR) is 164 cm³/mol. The fourth-order valence-electron chi connectivity index (χ4n) is 5.81. The van der Waals surface area contributed by atoms with Gasteiger partial charge in [-0.25, -0.2) is 0 Å². The zero-order chi connectivity index (χ0) is 34.4. The predicted octanol–water partition coefficient (Wildman–Crippen LogP) is 3.23. The van der Waals surface area contributed by atoms with Crippen LogP contribution < -0.4 is 9.64 Å². The maximum atomic E-state index is 13.3. The lowest BCUT2D eigenvalue weighted by atomic mass is 9.95. The molecular weight excluding hydrogens is 642 g/mol. The minimum absolute atomic E-state index is 0.0105. The van der Waals surface area contributed by atoms with Crippen LogP contribution in [-0.4, -0.2) is 90.6 Å². The standard InChI is InChI=1S/C32H36ClNO13/c1-16(35)42-15-25-29(43-17(2)36)30(44-18(3)37)31(45-19(4)38)32(47-25)46-24-12-23-28(22-9-6-5-8-21(22)24)20(13-33)14-34(23)26(39)10-7-11-27(40)41/h5-6,8-9,12,20,25,29-32H,7,10-11,13-15H2,1-4H3,(H,40,41)/t20-,25-,29+,30-,31-,32-/m1/s1. The Bertz CT molecular complexity index is 1540. The Labute approximate surface area is 275 Å². The highest BCUT2D eigenvalue weighted by Gasteiger charge is 2.53. The summed E-state index contributed by atoms with van der Waals surface area (Å²) in [6, 6.07) is 8.82. The first-order valence-electron chi connectivity index (χ1n) is 14.9. The summed E-state index contributed by atoms with van der Waals surface area (Å²) in [5.41, 5.74) is 1.30. The number of anilines is 1. The van der Waals surface area contributed by atoms with Gasteiger partial charge in [0.25, 0.3) is 0 Å². The second-order valence-electron chi connectivity index (χ2n) is 11.1. The Morgan fingerprint density at radius 1 is 0.872 bits per heavy atom. The Balaban J connectivity index is 1.81. The van der Waals surface area contributed by atoms with Gasteiger partial charge in [-0.05, 0) is 17.4 Å². The first-order valence-corrected chi connectivity index (χ1v) is 15.4. The van der Waals surface area contributed by atoms with Crippen molar-refractivity contribution in [3.63, 3.8) is 0 Å². The van der Waals surface area contributed by atoms with Crippen LogP contribution >= 0.6 is 11.6 Å². The number of nitrogens with zero attached hydrogens (tertiary/aromatic N) is 1. The van der Waals surface area contributed by atoms with E-state index in [1.54, 1.807) is 18.2 Å². The van der Waals surface area contributed by atoms with E-state index in [0.29, 0.717) is 11.1 Å². The van der Waals surface area contributed by atoms with Gasteiger partial charge in [0.2, 0.25) is 18.3 Å². The lowest BCUT2D eigenvalue weighted by Crippen LogP contribution is -2.63. The van der Waals surface area contributed by atoms with Gasteiger partial charge < -0.3 is 38.4 Å². The Kier molecular flexibility index (Phi) is 11.6. The summed E-state index contributed by atoms with van der Waals surface area (Å²) in [6.45, 7) is 4.36. The minimum Gasteiger partial charge on any atom is -0.481 e. The highest BCUT2D eigenvalue weighted by molar-refractivity contribution is 6.19. The van der Waals surface area contributed by atoms with Crippen molar-refractivity contribution in [3.05, 3.63) is 35.9 Å². The molecule has 15 heteroatoms. The second-order valence-corrected chi connectivity index (χ2v) is 11.5. The molecule has 6 atom stereocenters. The summed E-state index contributed by atoms with van der Waals surface area (Å²) in [5, 5.41) is 10.4. The van der Waals surface area contributed by atoms with E-state index < -0.39 is 67.2 Å². The highest BCUT2D eigenvalue weighted by atomic mass is 35.5. The van der Waals surface area contributed by atoms with Crippen molar-refractivity contribution < 1.29 is 62.3 Å². The number of hydrogen-bond donors (Lipinski definition) is 1. The van der Waals surface area contributed by atoms with Gasteiger partial charge in [0.05, 0.1) is 5.69 Å². The van der Waals surface area contributed by atoms with Crippen LogP contribution in [0.25, 0.3) is 10.8 Å². The van der Waals surface area contributed by atoms with Gasteiger partial charge in [-0.3, -0.25) is 28.8 Å². The third-order valence-corrected chi connectivity index (χ3v) is 7.96. The van der Waals surface area contributed by atoms with Crippen LogP contribution in [0.2, 0.25) is 0 Å². The number of amides is 1. The van der Waals surface area contributed by atoms with Crippen molar-refractivity contribution in [2.24, 2.45) is 0 Å². The van der Waals surface area contributed by atoms with Crippen molar-refractivity contribution in [1.82, 2.24) is 0 Å². The Hall–Kier alpha value is -4.43. The third-order valence-electron chi connectivity index (χ3n) is 7.59. The van der Waals surface area contributed by atoms with E-state index in [4.69, 9.17) is 45.1 Å². The quantitative estimate of drug-likeness (QED) is 0.197. The van der Waals surface area contributed by atoms with Crippen LogP contribution in [0, 0.1) is 0 Å². The number of hydrogen-bond acceptors (Lipinski definition) is 12. The lowest BCUT2D eigenvalue weighted by molar-refractivity contribution is -0.288. The number of ether oxygens (including phenoxy) is 6. The van der Waals surface area contributed by atoms with E-state index in [-0.39, 0.29) is 49.3 Å². The zero-order valence-corrected chi connectivity index (χ0v) is 27.0. The van der Waals surface area contributed by atoms with Crippen molar-refractivity contribution in [2.45, 2.75) is 83.6 Å². The highest BCUT2D eigenvalue weighted by Crippen LogP contribution is 2.46. The van der Waals surface area contributed by atoms with Crippen molar-refractivity contribution >= 4 is 63.8 Å². The molecule has 2 aliphatic heterocycles. The summed E-state index contributed by atoms with van der Waals surface area (Å²) >= 11 is 6.36. The molecule has 0 saturated carbocycles. The maximum absolute atomic E-state index is 13.3. The molecule has 0 unspecified atom stereocenters. The molecule has 14 nitrogen and oxygen atoms in total. The number of alkyl halides is 1. The maximum Gasteiger partial charge on any atom is 0.303 e. The van der Waals surface area contributed by atoms with Crippen LogP contribution in [0.1, 0.15) is 58.4 Å². The van der Waals surface area contributed by atoms with Gasteiger partial charge >= 0.3 is 29.8 Å². The monoisotopic (exact) mass is 677 g/mol. The van der Waals surface area contributed by atoms with Gasteiger partial charge in [0.1, 0.15) is 18.5 Å². The van der Waals surface area contributed by atoms with Crippen molar-refractivity contribution in [1.29, 1.82) is 0 Å². The SMILES string of the molecule is CC(=O)OC[C@H]1O[C@@H](Oc2cc3c(c4ccccc24)[C@H](CCl)CN3C(=O)CCCC(=O)O)[C@H](OC(C)=O)[C@H](OC(C)=O)[C@H]1OC(C)=O. The first kappa shape index (κ1) is 35.4.